The van der Waals surface area contributed by atoms with Crippen molar-refractivity contribution < 1.29 is 23.0 Å². The number of pyridine rings is 1. The summed E-state index contributed by atoms with van der Waals surface area (Å²) in [6.07, 6.45) is -3.47. The van der Waals surface area contributed by atoms with E-state index in [4.69, 9.17) is 4.74 Å². The highest BCUT2D eigenvalue weighted by molar-refractivity contribution is 5.61. The summed E-state index contributed by atoms with van der Waals surface area (Å²) in [5.41, 5.74) is -1.92. The highest BCUT2D eigenvalue weighted by Crippen LogP contribution is 2.41. The Bertz CT molecular complexity index is 935. The summed E-state index contributed by atoms with van der Waals surface area (Å²) in [6, 6.07) is 6.56. The van der Waals surface area contributed by atoms with Gasteiger partial charge in [0.15, 0.2) is 5.65 Å². The van der Waals surface area contributed by atoms with Gasteiger partial charge >= 0.3 is 6.18 Å². The van der Waals surface area contributed by atoms with Crippen LogP contribution in [0.4, 0.5) is 13.2 Å². The van der Waals surface area contributed by atoms with Crippen LogP contribution in [0.1, 0.15) is 18.3 Å². The minimum atomic E-state index is -4.93. The van der Waals surface area contributed by atoms with Crippen LogP contribution < -0.4 is 4.74 Å². The van der Waals surface area contributed by atoms with E-state index in [1.807, 2.05) is 0 Å². The van der Waals surface area contributed by atoms with Gasteiger partial charge in [-0.15, -0.1) is 0 Å². The number of aryl methyl sites for hydroxylation is 1. The Hall–Kier alpha value is -2.68. The van der Waals surface area contributed by atoms with E-state index in [1.54, 1.807) is 25.1 Å². The number of hydrogen-bond donors (Lipinski definition) is 1. The fourth-order valence-electron chi connectivity index (χ4n) is 2.39. The first-order chi connectivity index (χ1) is 11.6. The number of alkyl halides is 3. The van der Waals surface area contributed by atoms with Crippen molar-refractivity contribution >= 4 is 5.65 Å². The molecule has 0 aliphatic carbocycles. The largest absolute Gasteiger partial charge is 0.495 e. The molecule has 1 atom stereocenters. The second kappa shape index (κ2) is 5.69. The summed E-state index contributed by atoms with van der Waals surface area (Å²) in [6.45, 7) is 2.42. The molecule has 0 saturated heterocycles. The second-order valence-electron chi connectivity index (χ2n) is 5.71. The third kappa shape index (κ3) is 2.80. The molecule has 0 spiro atoms. The van der Waals surface area contributed by atoms with Gasteiger partial charge in [0.05, 0.1) is 19.0 Å². The van der Waals surface area contributed by atoms with Crippen molar-refractivity contribution in [3.8, 4) is 17.1 Å². The molecule has 132 valence electrons. The third-order valence-corrected chi connectivity index (χ3v) is 3.84. The van der Waals surface area contributed by atoms with E-state index in [0.717, 1.165) is 5.69 Å². The molecule has 1 N–H and O–H groups in total. The zero-order valence-electron chi connectivity index (χ0n) is 13.7. The molecule has 3 rings (SSSR count). The predicted molar refractivity (Wildman–Crippen MR) is 83.1 cm³/mol. The maximum atomic E-state index is 13.3. The number of aromatic nitrogens is 4. The van der Waals surface area contributed by atoms with Gasteiger partial charge in [0.2, 0.25) is 5.60 Å². The number of aliphatic hydroxyl groups is 1. The van der Waals surface area contributed by atoms with Crippen molar-refractivity contribution in [2.45, 2.75) is 25.6 Å². The Labute approximate surface area is 140 Å². The van der Waals surface area contributed by atoms with Crippen molar-refractivity contribution in [1.82, 2.24) is 19.6 Å². The molecule has 3 aromatic heterocycles. The van der Waals surface area contributed by atoms with Crippen LogP contribution >= 0.6 is 0 Å². The van der Waals surface area contributed by atoms with Crippen LogP contribution in [0, 0.1) is 6.92 Å². The molecule has 3 heterocycles. The Kier molecular flexibility index (Phi) is 3.91. The minimum Gasteiger partial charge on any atom is -0.495 e. The van der Waals surface area contributed by atoms with Crippen LogP contribution in [0.15, 0.2) is 30.5 Å². The number of hydrogen-bond acceptors (Lipinski definition) is 5. The first kappa shape index (κ1) is 17.2. The molecule has 3 aromatic rings. The quantitative estimate of drug-likeness (QED) is 0.785. The molecular weight excluding hydrogens is 337 g/mol. The van der Waals surface area contributed by atoms with E-state index in [0.29, 0.717) is 18.3 Å². The van der Waals surface area contributed by atoms with Gasteiger partial charge in [-0.05, 0) is 26.0 Å². The van der Waals surface area contributed by atoms with E-state index < -0.39 is 17.5 Å². The van der Waals surface area contributed by atoms with Gasteiger partial charge in [0.25, 0.3) is 0 Å². The summed E-state index contributed by atoms with van der Waals surface area (Å²) in [7, 11) is 1.20. The molecule has 25 heavy (non-hydrogen) atoms. The summed E-state index contributed by atoms with van der Waals surface area (Å²) < 4.78 is 46.0. The van der Waals surface area contributed by atoms with Crippen molar-refractivity contribution in [2.24, 2.45) is 0 Å². The number of methoxy groups -OCH3 is 1. The molecule has 0 saturated carbocycles. The Morgan fingerprint density at radius 2 is 1.96 bits per heavy atom. The van der Waals surface area contributed by atoms with E-state index in [-0.39, 0.29) is 11.4 Å². The highest BCUT2D eigenvalue weighted by Gasteiger charge is 2.54. The lowest BCUT2D eigenvalue weighted by Crippen LogP contribution is -2.40. The molecule has 0 aliphatic rings. The van der Waals surface area contributed by atoms with Gasteiger partial charge in [-0.3, -0.25) is 4.98 Å². The lowest BCUT2D eigenvalue weighted by Gasteiger charge is -2.26. The lowest BCUT2D eigenvalue weighted by molar-refractivity contribution is -0.261. The van der Waals surface area contributed by atoms with Crippen LogP contribution in [0.5, 0.6) is 5.75 Å². The highest BCUT2D eigenvalue weighted by atomic mass is 19.4. The van der Waals surface area contributed by atoms with E-state index in [9.17, 15) is 18.3 Å². The monoisotopic (exact) mass is 352 g/mol. The summed E-state index contributed by atoms with van der Waals surface area (Å²) in [5.74, 6) is -0.204. The number of ether oxygens (including phenoxy) is 1. The maximum absolute atomic E-state index is 13.3. The standard InChI is InChI=1S/C16H15F3N4O2/c1-9-5-4-6-10(21-9)11-8-20-13-7-12(25-3)14(22-23(11)13)15(2,24)16(17,18)19/h4-8,24H,1-3H3. The van der Waals surface area contributed by atoms with Crippen molar-refractivity contribution in [3.05, 3.63) is 41.9 Å². The number of imidazole rings is 1. The topological polar surface area (TPSA) is 72.5 Å². The first-order valence-electron chi connectivity index (χ1n) is 7.31. The fraction of sp³-hybridized carbons (Fsp3) is 0.312. The van der Waals surface area contributed by atoms with Crippen molar-refractivity contribution in [2.75, 3.05) is 7.11 Å². The SMILES string of the molecule is COc1cc2ncc(-c3cccc(C)n3)n2nc1C(C)(O)C(F)(F)F. The molecule has 0 aliphatic heterocycles. The molecule has 0 fully saturated rings. The zero-order chi connectivity index (χ0) is 18.4. The van der Waals surface area contributed by atoms with Gasteiger partial charge in [-0.2, -0.15) is 18.3 Å². The molecule has 1 unspecified atom stereocenters. The van der Waals surface area contributed by atoms with Gasteiger partial charge in [0, 0.05) is 11.8 Å². The van der Waals surface area contributed by atoms with Crippen LogP contribution in [-0.4, -0.2) is 38.0 Å². The molecule has 0 amide bonds. The predicted octanol–water partition coefficient (Wildman–Crippen LogP) is 2.88. The Morgan fingerprint density at radius 1 is 1.24 bits per heavy atom. The smallest absolute Gasteiger partial charge is 0.422 e. The fourth-order valence-corrected chi connectivity index (χ4v) is 2.39. The number of rotatable bonds is 3. The lowest BCUT2D eigenvalue weighted by atomic mass is 10.0. The van der Waals surface area contributed by atoms with Gasteiger partial charge in [-0.25, -0.2) is 9.50 Å². The number of nitrogens with zero attached hydrogens (tertiary/aromatic N) is 4. The zero-order valence-corrected chi connectivity index (χ0v) is 13.7. The molecule has 0 radical (unpaired) electrons. The van der Waals surface area contributed by atoms with Crippen molar-refractivity contribution in [3.63, 3.8) is 0 Å². The first-order valence-corrected chi connectivity index (χ1v) is 7.31. The Morgan fingerprint density at radius 3 is 2.56 bits per heavy atom. The minimum absolute atomic E-state index is 0.204. The molecule has 9 heteroatoms. The van der Waals surface area contributed by atoms with E-state index in [2.05, 4.69) is 15.1 Å². The van der Waals surface area contributed by atoms with E-state index in [1.165, 1.54) is 23.9 Å². The molecular formula is C16H15F3N4O2. The third-order valence-electron chi connectivity index (χ3n) is 3.84. The normalized spacial score (nSPS) is 14.5. The average molecular weight is 352 g/mol. The summed E-state index contributed by atoms with van der Waals surface area (Å²) >= 11 is 0. The van der Waals surface area contributed by atoms with Gasteiger partial charge in [-0.1, -0.05) is 6.07 Å². The van der Waals surface area contributed by atoms with E-state index >= 15 is 0 Å². The molecule has 0 aromatic carbocycles. The van der Waals surface area contributed by atoms with Crippen LogP contribution in [0.25, 0.3) is 17.0 Å². The average Bonchev–Trinajstić information content (AvgIpc) is 2.95. The van der Waals surface area contributed by atoms with Gasteiger partial charge in [0.1, 0.15) is 17.1 Å². The molecule has 0 bridgehead atoms. The maximum Gasteiger partial charge on any atom is 0.422 e. The second-order valence-corrected chi connectivity index (χ2v) is 5.71. The summed E-state index contributed by atoms with van der Waals surface area (Å²) in [5, 5.41) is 14.0. The van der Waals surface area contributed by atoms with Crippen LogP contribution in [0.2, 0.25) is 0 Å². The number of halogens is 3. The molecule has 6 nitrogen and oxygen atoms in total. The van der Waals surface area contributed by atoms with Crippen molar-refractivity contribution in [1.29, 1.82) is 0 Å². The summed E-state index contributed by atoms with van der Waals surface area (Å²) in [4.78, 5) is 8.47. The number of fused-ring (bicyclic) bond motifs is 1. The van der Waals surface area contributed by atoms with Gasteiger partial charge < -0.3 is 9.84 Å². The van der Waals surface area contributed by atoms with Crippen LogP contribution in [0.3, 0.4) is 0 Å². The Balaban J connectivity index is 2.27. The van der Waals surface area contributed by atoms with Crippen LogP contribution in [-0.2, 0) is 5.60 Å².